The smallest absolute Gasteiger partial charge is 0.123 e. The number of para-hydroxylation sites is 2. The number of fused-ring (bicyclic) bond motifs is 1. The number of aryl methyl sites for hydroxylation is 1. The standard InChI is InChI=1S/C16H16ClN3/c1-20-15-8-3-2-7-14(15)19-16(20)11-18-10-12-5-4-6-13(17)9-12/h2-9,18H,10-11H2,1H3. The Hall–Kier alpha value is -1.84. The van der Waals surface area contributed by atoms with Crippen LogP contribution < -0.4 is 5.32 Å². The van der Waals surface area contributed by atoms with E-state index in [1.807, 2.05) is 43.4 Å². The van der Waals surface area contributed by atoms with Gasteiger partial charge in [-0.25, -0.2) is 4.98 Å². The summed E-state index contributed by atoms with van der Waals surface area (Å²) < 4.78 is 2.13. The fourth-order valence-electron chi connectivity index (χ4n) is 2.32. The predicted molar refractivity (Wildman–Crippen MR) is 82.7 cm³/mol. The Morgan fingerprint density at radius 2 is 1.95 bits per heavy atom. The number of rotatable bonds is 4. The summed E-state index contributed by atoms with van der Waals surface area (Å²) >= 11 is 5.98. The fourth-order valence-corrected chi connectivity index (χ4v) is 2.53. The Labute approximate surface area is 123 Å². The molecular weight excluding hydrogens is 270 g/mol. The van der Waals surface area contributed by atoms with Crippen LogP contribution in [0.15, 0.2) is 48.5 Å². The highest BCUT2D eigenvalue weighted by Crippen LogP contribution is 2.14. The first-order chi connectivity index (χ1) is 9.74. The van der Waals surface area contributed by atoms with Gasteiger partial charge >= 0.3 is 0 Å². The number of nitrogens with one attached hydrogen (secondary N) is 1. The molecule has 3 rings (SSSR count). The van der Waals surface area contributed by atoms with Gasteiger partial charge in [0.25, 0.3) is 0 Å². The maximum atomic E-state index is 5.98. The van der Waals surface area contributed by atoms with Gasteiger partial charge in [-0.3, -0.25) is 0 Å². The minimum Gasteiger partial charge on any atom is -0.330 e. The van der Waals surface area contributed by atoms with Gasteiger partial charge in [0.2, 0.25) is 0 Å². The van der Waals surface area contributed by atoms with Crippen molar-refractivity contribution in [2.75, 3.05) is 0 Å². The third-order valence-electron chi connectivity index (χ3n) is 3.38. The van der Waals surface area contributed by atoms with Crippen LogP contribution in [0.1, 0.15) is 11.4 Å². The minimum absolute atomic E-state index is 0.734. The van der Waals surface area contributed by atoms with Gasteiger partial charge in [0.15, 0.2) is 0 Å². The van der Waals surface area contributed by atoms with Gasteiger partial charge in [-0.1, -0.05) is 35.9 Å². The van der Waals surface area contributed by atoms with Crippen molar-refractivity contribution in [3.8, 4) is 0 Å². The lowest BCUT2D eigenvalue weighted by molar-refractivity contribution is 0.643. The molecule has 0 unspecified atom stereocenters. The molecule has 0 saturated heterocycles. The van der Waals surface area contributed by atoms with Crippen LogP contribution in [0, 0.1) is 0 Å². The molecule has 3 aromatic rings. The van der Waals surface area contributed by atoms with Crippen LogP contribution in [0.2, 0.25) is 5.02 Å². The zero-order valence-corrected chi connectivity index (χ0v) is 12.1. The average molecular weight is 286 g/mol. The first-order valence-electron chi connectivity index (χ1n) is 6.59. The van der Waals surface area contributed by atoms with Crippen molar-refractivity contribution in [3.05, 3.63) is 64.9 Å². The Morgan fingerprint density at radius 3 is 2.75 bits per heavy atom. The molecule has 0 radical (unpaired) electrons. The highest BCUT2D eigenvalue weighted by Gasteiger charge is 2.06. The topological polar surface area (TPSA) is 29.9 Å². The molecule has 1 heterocycles. The summed E-state index contributed by atoms with van der Waals surface area (Å²) in [5.74, 6) is 1.04. The van der Waals surface area contributed by atoms with Gasteiger partial charge in [0.05, 0.1) is 17.6 Å². The third-order valence-corrected chi connectivity index (χ3v) is 3.62. The normalized spacial score (nSPS) is 11.1. The number of halogens is 1. The molecule has 0 saturated carbocycles. The van der Waals surface area contributed by atoms with Gasteiger partial charge in [0.1, 0.15) is 5.82 Å². The summed E-state index contributed by atoms with van der Waals surface area (Å²) in [6.07, 6.45) is 0. The van der Waals surface area contributed by atoms with Gasteiger partial charge in [-0.15, -0.1) is 0 Å². The molecular formula is C16H16ClN3. The van der Waals surface area contributed by atoms with Crippen molar-refractivity contribution in [1.82, 2.24) is 14.9 Å². The fraction of sp³-hybridized carbons (Fsp3) is 0.188. The Kier molecular flexibility index (Phi) is 3.72. The molecule has 0 aliphatic carbocycles. The largest absolute Gasteiger partial charge is 0.330 e. The van der Waals surface area contributed by atoms with Gasteiger partial charge in [0, 0.05) is 18.6 Å². The maximum Gasteiger partial charge on any atom is 0.123 e. The minimum atomic E-state index is 0.734. The van der Waals surface area contributed by atoms with Crippen molar-refractivity contribution < 1.29 is 0 Å². The van der Waals surface area contributed by atoms with Gasteiger partial charge in [-0.05, 0) is 29.8 Å². The molecule has 0 bridgehead atoms. The van der Waals surface area contributed by atoms with Gasteiger partial charge < -0.3 is 9.88 Å². The first kappa shape index (κ1) is 13.2. The lowest BCUT2D eigenvalue weighted by Gasteiger charge is -2.05. The quantitative estimate of drug-likeness (QED) is 0.795. The number of benzene rings is 2. The monoisotopic (exact) mass is 285 g/mol. The van der Waals surface area contributed by atoms with Gasteiger partial charge in [-0.2, -0.15) is 0 Å². The highest BCUT2D eigenvalue weighted by molar-refractivity contribution is 6.30. The summed E-state index contributed by atoms with van der Waals surface area (Å²) in [6.45, 7) is 1.52. The molecule has 102 valence electrons. The Balaban J connectivity index is 1.69. The second-order valence-corrected chi connectivity index (χ2v) is 5.25. The van der Waals surface area contributed by atoms with Crippen molar-refractivity contribution >= 4 is 22.6 Å². The van der Waals surface area contributed by atoms with Crippen LogP contribution in [0.5, 0.6) is 0 Å². The van der Waals surface area contributed by atoms with E-state index < -0.39 is 0 Å². The molecule has 3 nitrogen and oxygen atoms in total. The number of nitrogens with zero attached hydrogens (tertiary/aromatic N) is 2. The van der Waals surface area contributed by atoms with Crippen LogP contribution >= 0.6 is 11.6 Å². The zero-order chi connectivity index (χ0) is 13.9. The SMILES string of the molecule is Cn1c(CNCc2cccc(Cl)c2)nc2ccccc21. The molecule has 1 aromatic heterocycles. The number of aromatic nitrogens is 2. The van der Waals surface area contributed by atoms with E-state index in [4.69, 9.17) is 11.6 Å². The molecule has 4 heteroatoms. The Bertz CT molecular complexity index is 733. The molecule has 0 atom stereocenters. The lowest BCUT2D eigenvalue weighted by atomic mass is 10.2. The molecule has 0 amide bonds. The molecule has 0 spiro atoms. The van der Waals surface area contributed by atoms with Crippen molar-refractivity contribution in [3.63, 3.8) is 0 Å². The predicted octanol–water partition coefficient (Wildman–Crippen LogP) is 3.52. The van der Waals surface area contributed by atoms with E-state index in [1.54, 1.807) is 0 Å². The van der Waals surface area contributed by atoms with E-state index in [9.17, 15) is 0 Å². The summed E-state index contributed by atoms with van der Waals surface area (Å²) in [5, 5.41) is 4.18. The molecule has 1 N–H and O–H groups in total. The molecule has 0 aliphatic rings. The van der Waals surface area contributed by atoms with Crippen LogP contribution in [0.3, 0.4) is 0 Å². The van der Waals surface area contributed by atoms with E-state index in [2.05, 4.69) is 27.0 Å². The molecule has 0 aliphatic heterocycles. The van der Waals surface area contributed by atoms with Crippen molar-refractivity contribution in [2.24, 2.45) is 7.05 Å². The summed E-state index contributed by atoms with van der Waals surface area (Å²) in [7, 11) is 2.05. The second kappa shape index (κ2) is 5.65. The number of hydrogen-bond donors (Lipinski definition) is 1. The highest BCUT2D eigenvalue weighted by atomic mass is 35.5. The van der Waals surface area contributed by atoms with Crippen LogP contribution in [0.25, 0.3) is 11.0 Å². The van der Waals surface area contributed by atoms with E-state index in [0.29, 0.717) is 0 Å². The van der Waals surface area contributed by atoms with E-state index in [0.717, 1.165) is 35.0 Å². The third kappa shape index (κ3) is 2.69. The van der Waals surface area contributed by atoms with Crippen LogP contribution in [0.4, 0.5) is 0 Å². The van der Waals surface area contributed by atoms with E-state index in [1.165, 1.54) is 5.56 Å². The van der Waals surface area contributed by atoms with Crippen molar-refractivity contribution in [1.29, 1.82) is 0 Å². The first-order valence-corrected chi connectivity index (χ1v) is 6.97. The maximum absolute atomic E-state index is 5.98. The second-order valence-electron chi connectivity index (χ2n) is 4.81. The molecule has 20 heavy (non-hydrogen) atoms. The molecule has 2 aromatic carbocycles. The number of hydrogen-bond acceptors (Lipinski definition) is 2. The average Bonchev–Trinajstić information content (AvgIpc) is 2.76. The summed E-state index contributed by atoms with van der Waals surface area (Å²) in [6, 6.07) is 16.1. The summed E-state index contributed by atoms with van der Waals surface area (Å²) in [4.78, 5) is 4.64. The van der Waals surface area contributed by atoms with Crippen molar-refractivity contribution in [2.45, 2.75) is 13.1 Å². The lowest BCUT2D eigenvalue weighted by Crippen LogP contribution is -2.15. The summed E-state index contributed by atoms with van der Waals surface area (Å²) in [5.41, 5.74) is 3.37. The Morgan fingerprint density at radius 1 is 1.10 bits per heavy atom. The zero-order valence-electron chi connectivity index (χ0n) is 11.3. The molecule has 0 fully saturated rings. The van der Waals surface area contributed by atoms with E-state index in [-0.39, 0.29) is 0 Å². The van der Waals surface area contributed by atoms with E-state index >= 15 is 0 Å². The van der Waals surface area contributed by atoms with Crippen LogP contribution in [-0.4, -0.2) is 9.55 Å². The number of imidazole rings is 1. The van der Waals surface area contributed by atoms with Crippen LogP contribution in [-0.2, 0) is 20.1 Å².